The van der Waals surface area contributed by atoms with Crippen LogP contribution in [0.4, 0.5) is 0 Å². The molecule has 0 radical (unpaired) electrons. The minimum Gasteiger partial charge on any atom is -0.350 e. The molecule has 5 heteroatoms. The molecule has 0 amide bonds. The molecule has 0 aliphatic carbocycles. The molecule has 0 atom stereocenters. The summed E-state index contributed by atoms with van der Waals surface area (Å²) in [5.41, 5.74) is 1.94. The lowest BCUT2D eigenvalue weighted by atomic mass is 9.96. The predicted octanol–water partition coefficient (Wildman–Crippen LogP) is 5.09. The third kappa shape index (κ3) is 3.31. The molecule has 0 unspecified atom stereocenters. The first-order valence-corrected chi connectivity index (χ1v) is 9.02. The van der Waals surface area contributed by atoms with E-state index in [2.05, 4.69) is 25.7 Å². The van der Waals surface area contributed by atoms with E-state index in [1.165, 1.54) is 0 Å². The molecule has 3 nitrogen and oxygen atoms in total. The van der Waals surface area contributed by atoms with Crippen molar-refractivity contribution in [3.8, 4) is 0 Å². The van der Waals surface area contributed by atoms with Crippen molar-refractivity contribution >= 4 is 34.8 Å². The van der Waals surface area contributed by atoms with Gasteiger partial charge in [0.2, 0.25) is 0 Å². The highest BCUT2D eigenvalue weighted by Crippen LogP contribution is 2.29. The van der Waals surface area contributed by atoms with E-state index >= 15 is 0 Å². The molecule has 3 rings (SSSR count). The maximum absolute atomic E-state index is 13.1. The molecule has 0 saturated carbocycles. The minimum atomic E-state index is -0.0855. The third-order valence-electron chi connectivity index (χ3n) is 4.51. The van der Waals surface area contributed by atoms with Crippen molar-refractivity contribution < 1.29 is 4.79 Å². The lowest BCUT2D eigenvalue weighted by Crippen LogP contribution is -2.45. The van der Waals surface area contributed by atoms with Crippen LogP contribution in [-0.4, -0.2) is 35.1 Å². The topological polar surface area (TPSA) is 32.7 Å². The van der Waals surface area contributed by atoms with Gasteiger partial charge in [0.05, 0.1) is 22.1 Å². The lowest BCUT2D eigenvalue weighted by Gasteiger charge is -2.33. The van der Waals surface area contributed by atoms with Gasteiger partial charge in [-0.15, -0.1) is 0 Å². The van der Waals surface area contributed by atoms with Gasteiger partial charge in [-0.3, -0.25) is 9.79 Å². The van der Waals surface area contributed by atoms with Crippen LogP contribution in [-0.2, 0) is 0 Å². The monoisotopic (exact) mass is 374 g/mol. The minimum absolute atomic E-state index is 0.0518. The van der Waals surface area contributed by atoms with Gasteiger partial charge in [0.15, 0.2) is 5.78 Å². The second kappa shape index (κ2) is 6.81. The quantitative estimate of drug-likeness (QED) is 0.698. The first-order chi connectivity index (χ1) is 11.8. The average molecular weight is 375 g/mol. The van der Waals surface area contributed by atoms with Crippen LogP contribution < -0.4 is 0 Å². The summed E-state index contributed by atoms with van der Waals surface area (Å²) in [6.07, 6.45) is 0. The lowest BCUT2D eigenvalue weighted by molar-refractivity contribution is 0.103. The van der Waals surface area contributed by atoms with E-state index < -0.39 is 0 Å². The number of nitrogens with zero attached hydrogens (tertiary/aromatic N) is 2. The molecular formula is C20H20Cl2N2O. The number of amidine groups is 1. The highest BCUT2D eigenvalue weighted by Gasteiger charge is 2.35. The average Bonchev–Trinajstić information content (AvgIpc) is 2.91. The molecule has 0 fully saturated rings. The van der Waals surface area contributed by atoms with Crippen LogP contribution in [0.2, 0.25) is 10.0 Å². The zero-order valence-corrected chi connectivity index (χ0v) is 16.0. The molecule has 1 aliphatic heterocycles. The Balaban J connectivity index is 2.05. The smallest absolute Gasteiger partial charge is 0.193 e. The van der Waals surface area contributed by atoms with Crippen LogP contribution in [0, 0.1) is 0 Å². The third-order valence-corrected chi connectivity index (χ3v) is 5.25. The Morgan fingerprint density at radius 1 is 1.16 bits per heavy atom. The molecule has 25 heavy (non-hydrogen) atoms. The zero-order chi connectivity index (χ0) is 18.2. The SMILES string of the molecule is CCN1C(c2ccccc2C(=O)c2ccc(Cl)c(Cl)c2)=NCC1(C)C. The van der Waals surface area contributed by atoms with E-state index in [9.17, 15) is 4.79 Å². The fourth-order valence-electron chi connectivity index (χ4n) is 3.20. The van der Waals surface area contributed by atoms with Crippen LogP contribution >= 0.6 is 23.2 Å². The molecule has 2 aromatic carbocycles. The number of aliphatic imine (C=N–C) groups is 1. The van der Waals surface area contributed by atoms with Gasteiger partial charge in [-0.05, 0) is 39.0 Å². The largest absolute Gasteiger partial charge is 0.350 e. The van der Waals surface area contributed by atoms with E-state index in [1.807, 2.05) is 24.3 Å². The summed E-state index contributed by atoms with van der Waals surface area (Å²) in [6.45, 7) is 7.98. The predicted molar refractivity (Wildman–Crippen MR) is 104 cm³/mol. The van der Waals surface area contributed by atoms with Gasteiger partial charge in [-0.25, -0.2) is 0 Å². The molecule has 1 aliphatic rings. The number of hydrogen-bond acceptors (Lipinski definition) is 3. The summed E-state index contributed by atoms with van der Waals surface area (Å²) in [7, 11) is 0. The van der Waals surface area contributed by atoms with Crippen LogP contribution in [0.3, 0.4) is 0 Å². The second-order valence-electron chi connectivity index (χ2n) is 6.70. The van der Waals surface area contributed by atoms with E-state index in [-0.39, 0.29) is 11.3 Å². The normalized spacial score (nSPS) is 16.0. The van der Waals surface area contributed by atoms with Gasteiger partial charge >= 0.3 is 0 Å². The number of carbonyl (C=O) groups is 1. The summed E-state index contributed by atoms with van der Waals surface area (Å²) >= 11 is 12.0. The molecule has 0 spiro atoms. The van der Waals surface area contributed by atoms with Crippen molar-refractivity contribution in [2.45, 2.75) is 26.3 Å². The Bertz CT molecular complexity index is 859. The Morgan fingerprint density at radius 2 is 1.88 bits per heavy atom. The Hall–Kier alpha value is -1.84. The van der Waals surface area contributed by atoms with Crippen molar-refractivity contribution in [2.75, 3.05) is 13.1 Å². The summed E-state index contributed by atoms with van der Waals surface area (Å²) in [5, 5.41) is 0.810. The molecule has 0 saturated heterocycles. The zero-order valence-electron chi connectivity index (χ0n) is 14.5. The van der Waals surface area contributed by atoms with E-state index in [4.69, 9.17) is 28.2 Å². The van der Waals surface area contributed by atoms with Crippen molar-refractivity contribution in [2.24, 2.45) is 4.99 Å². The summed E-state index contributed by atoms with van der Waals surface area (Å²) < 4.78 is 0. The molecule has 0 aromatic heterocycles. The Kier molecular flexibility index (Phi) is 4.90. The highest BCUT2D eigenvalue weighted by molar-refractivity contribution is 6.42. The number of carbonyl (C=O) groups excluding carboxylic acids is 1. The van der Waals surface area contributed by atoms with E-state index in [0.717, 1.165) is 17.9 Å². The maximum atomic E-state index is 13.1. The number of likely N-dealkylation sites (N-methyl/N-ethyl adjacent to an activating group) is 1. The molecule has 0 N–H and O–H groups in total. The van der Waals surface area contributed by atoms with Gasteiger partial charge in [-0.2, -0.15) is 0 Å². The van der Waals surface area contributed by atoms with Crippen LogP contribution in [0.15, 0.2) is 47.5 Å². The van der Waals surface area contributed by atoms with Gasteiger partial charge in [0.25, 0.3) is 0 Å². The van der Waals surface area contributed by atoms with Crippen LogP contribution in [0.25, 0.3) is 0 Å². The summed E-state index contributed by atoms with van der Waals surface area (Å²) in [4.78, 5) is 20.0. The van der Waals surface area contributed by atoms with Gasteiger partial charge < -0.3 is 4.90 Å². The van der Waals surface area contributed by atoms with Crippen LogP contribution in [0.1, 0.15) is 42.3 Å². The van der Waals surface area contributed by atoms with Gasteiger partial charge in [0.1, 0.15) is 5.84 Å². The van der Waals surface area contributed by atoms with Crippen molar-refractivity contribution in [3.63, 3.8) is 0 Å². The number of rotatable bonds is 4. The Morgan fingerprint density at radius 3 is 2.56 bits per heavy atom. The van der Waals surface area contributed by atoms with Gasteiger partial charge in [0, 0.05) is 23.2 Å². The highest BCUT2D eigenvalue weighted by atomic mass is 35.5. The van der Waals surface area contributed by atoms with Gasteiger partial charge in [-0.1, -0.05) is 47.5 Å². The molecule has 1 heterocycles. The maximum Gasteiger partial charge on any atom is 0.193 e. The first-order valence-electron chi connectivity index (χ1n) is 8.26. The number of benzene rings is 2. The summed E-state index contributed by atoms with van der Waals surface area (Å²) in [6, 6.07) is 12.5. The van der Waals surface area contributed by atoms with Crippen molar-refractivity contribution in [3.05, 3.63) is 69.2 Å². The van der Waals surface area contributed by atoms with E-state index in [1.54, 1.807) is 18.2 Å². The molecule has 2 aromatic rings. The number of halogens is 2. The van der Waals surface area contributed by atoms with Crippen molar-refractivity contribution in [1.82, 2.24) is 4.90 Å². The summed E-state index contributed by atoms with van der Waals surface area (Å²) in [5.74, 6) is 0.786. The van der Waals surface area contributed by atoms with Crippen LogP contribution in [0.5, 0.6) is 0 Å². The first kappa shape index (κ1) is 18.0. The van der Waals surface area contributed by atoms with Crippen molar-refractivity contribution in [1.29, 1.82) is 0 Å². The molecular weight excluding hydrogens is 355 g/mol. The second-order valence-corrected chi connectivity index (χ2v) is 7.51. The fourth-order valence-corrected chi connectivity index (χ4v) is 3.50. The standard InChI is InChI=1S/C20H20Cl2N2O/c1-4-24-19(23-12-20(24,2)3)15-8-6-5-7-14(15)18(25)13-9-10-16(21)17(22)11-13/h5-11H,4,12H2,1-3H3. The fraction of sp³-hybridized carbons (Fsp3) is 0.300. The number of hydrogen-bond donors (Lipinski definition) is 0. The van der Waals surface area contributed by atoms with E-state index in [0.29, 0.717) is 27.7 Å². The molecule has 130 valence electrons. The Labute approximate surface area is 158 Å². The number of ketones is 1. The molecule has 0 bridgehead atoms.